The molecular formula is C9H15BO3. The van der Waals surface area contributed by atoms with Crippen molar-refractivity contribution in [1.29, 1.82) is 0 Å². The zero-order valence-corrected chi connectivity index (χ0v) is 8.16. The molecule has 2 aliphatic heterocycles. The molecule has 0 aromatic rings. The monoisotopic (exact) mass is 182 g/mol. The van der Waals surface area contributed by atoms with Crippen LogP contribution in [0.5, 0.6) is 0 Å². The smallest absolute Gasteiger partial charge is 0.147 e. The van der Waals surface area contributed by atoms with Gasteiger partial charge in [0.05, 0.1) is 18.3 Å². The Hall–Kier alpha value is -0.0551. The molecule has 4 heteroatoms. The quantitative estimate of drug-likeness (QED) is 0.557. The van der Waals surface area contributed by atoms with Gasteiger partial charge < -0.3 is 14.2 Å². The summed E-state index contributed by atoms with van der Waals surface area (Å²) >= 11 is 0. The van der Waals surface area contributed by atoms with E-state index in [0.717, 1.165) is 6.42 Å². The summed E-state index contributed by atoms with van der Waals surface area (Å²) in [5, 5.41) is 0. The van der Waals surface area contributed by atoms with Crippen molar-refractivity contribution < 1.29 is 14.2 Å². The van der Waals surface area contributed by atoms with Gasteiger partial charge in [0.15, 0.2) is 0 Å². The normalized spacial score (nSPS) is 50.5. The Morgan fingerprint density at radius 2 is 2.31 bits per heavy atom. The Morgan fingerprint density at radius 3 is 3.00 bits per heavy atom. The lowest BCUT2D eigenvalue weighted by molar-refractivity contribution is -0.150. The van der Waals surface area contributed by atoms with Crippen LogP contribution in [0.2, 0.25) is 0 Å². The molecule has 13 heavy (non-hydrogen) atoms. The van der Waals surface area contributed by atoms with Crippen LogP contribution in [0, 0.1) is 5.92 Å². The summed E-state index contributed by atoms with van der Waals surface area (Å²) in [6, 6.07) is -0.293. The van der Waals surface area contributed by atoms with Gasteiger partial charge in [-0.1, -0.05) is 13.8 Å². The van der Waals surface area contributed by atoms with Gasteiger partial charge in [-0.25, -0.2) is 0 Å². The fourth-order valence-corrected chi connectivity index (χ4v) is 2.28. The van der Waals surface area contributed by atoms with Crippen LogP contribution < -0.4 is 0 Å². The number of ether oxygens (including phenoxy) is 3. The molecule has 2 bridgehead atoms. The minimum atomic E-state index is -0.293. The number of rotatable bonds is 1. The average Bonchev–Trinajstić information content (AvgIpc) is 2.26. The van der Waals surface area contributed by atoms with Crippen molar-refractivity contribution in [2.75, 3.05) is 13.4 Å². The molecule has 0 saturated carbocycles. The van der Waals surface area contributed by atoms with Crippen LogP contribution in [0.4, 0.5) is 0 Å². The largest absolute Gasteiger partial charge is 0.376 e. The summed E-state index contributed by atoms with van der Waals surface area (Å²) in [4.78, 5) is 0. The van der Waals surface area contributed by atoms with Gasteiger partial charge in [0, 0.05) is 11.9 Å². The lowest BCUT2D eigenvalue weighted by atomic mass is 9.82. The Morgan fingerprint density at radius 1 is 1.54 bits per heavy atom. The highest BCUT2D eigenvalue weighted by Crippen LogP contribution is 2.41. The molecule has 3 nitrogen and oxygen atoms in total. The Labute approximate surface area is 80.1 Å². The van der Waals surface area contributed by atoms with Crippen LogP contribution >= 0.6 is 0 Å². The maximum Gasteiger partial charge on any atom is 0.147 e. The number of hydrogen-bond acceptors (Lipinski definition) is 3. The van der Waals surface area contributed by atoms with Gasteiger partial charge in [0.1, 0.15) is 14.6 Å². The van der Waals surface area contributed by atoms with Crippen molar-refractivity contribution in [3.05, 3.63) is 0 Å². The zero-order valence-electron chi connectivity index (χ0n) is 8.16. The van der Waals surface area contributed by atoms with E-state index >= 15 is 0 Å². The molecule has 0 aromatic carbocycles. The second-order valence-corrected chi connectivity index (χ2v) is 3.89. The van der Waals surface area contributed by atoms with Crippen molar-refractivity contribution in [2.24, 2.45) is 5.92 Å². The van der Waals surface area contributed by atoms with E-state index in [-0.39, 0.29) is 17.7 Å². The highest BCUT2D eigenvalue weighted by molar-refractivity contribution is 6.11. The Bertz CT molecular complexity index is 199. The fraction of sp³-hybridized carbons (Fsp3) is 1.00. The lowest BCUT2D eigenvalue weighted by Gasteiger charge is -2.30. The topological polar surface area (TPSA) is 27.7 Å². The minimum Gasteiger partial charge on any atom is -0.376 e. The molecule has 0 amide bonds. The molecule has 2 saturated heterocycles. The van der Waals surface area contributed by atoms with Gasteiger partial charge in [-0.2, -0.15) is 0 Å². The van der Waals surface area contributed by atoms with Crippen LogP contribution in [0.3, 0.4) is 0 Å². The molecule has 72 valence electrons. The van der Waals surface area contributed by atoms with E-state index in [1.54, 1.807) is 0 Å². The molecule has 2 rings (SSSR count). The lowest BCUT2D eigenvalue weighted by Crippen LogP contribution is -2.39. The third kappa shape index (κ3) is 1.32. The summed E-state index contributed by atoms with van der Waals surface area (Å²) in [6.07, 6.45) is 0.907. The molecule has 0 aliphatic carbocycles. The summed E-state index contributed by atoms with van der Waals surface area (Å²) in [5.74, 6) is 0.315. The maximum absolute atomic E-state index is 5.84. The van der Waals surface area contributed by atoms with Crippen LogP contribution in [-0.4, -0.2) is 39.0 Å². The van der Waals surface area contributed by atoms with E-state index in [1.807, 2.05) is 0 Å². The molecule has 1 unspecified atom stereocenters. The fourth-order valence-electron chi connectivity index (χ4n) is 2.28. The molecule has 0 N–H and O–H groups in total. The summed E-state index contributed by atoms with van der Waals surface area (Å²) in [5.41, 5.74) is -0.222. The van der Waals surface area contributed by atoms with Gasteiger partial charge in [0.25, 0.3) is 0 Å². The van der Waals surface area contributed by atoms with Crippen molar-refractivity contribution in [1.82, 2.24) is 0 Å². The van der Waals surface area contributed by atoms with E-state index in [4.69, 9.17) is 22.1 Å². The van der Waals surface area contributed by atoms with Gasteiger partial charge in [-0.3, -0.25) is 0 Å². The predicted molar refractivity (Wildman–Crippen MR) is 48.5 cm³/mol. The van der Waals surface area contributed by atoms with Crippen molar-refractivity contribution in [2.45, 2.75) is 38.0 Å². The van der Waals surface area contributed by atoms with Crippen molar-refractivity contribution in [3.63, 3.8) is 0 Å². The van der Waals surface area contributed by atoms with Gasteiger partial charge >= 0.3 is 0 Å². The van der Waals surface area contributed by atoms with Crippen LogP contribution in [0.1, 0.15) is 20.3 Å². The molecule has 0 spiro atoms. The Kier molecular flexibility index (Phi) is 2.38. The SMILES string of the molecule is [B][C@@H]1O[C@@]2(CC)COCOC1[C@H]2C. The first-order valence-electron chi connectivity index (χ1n) is 4.82. The highest BCUT2D eigenvalue weighted by atomic mass is 16.7. The molecular weight excluding hydrogens is 167 g/mol. The summed E-state index contributed by atoms with van der Waals surface area (Å²) in [7, 11) is 5.84. The van der Waals surface area contributed by atoms with E-state index in [0.29, 0.717) is 19.3 Å². The van der Waals surface area contributed by atoms with E-state index in [1.165, 1.54) is 0 Å². The standard InChI is InChI=1S/C9H15BO3/c1-3-9-4-11-5-12-7(6(9)2)8(10)13-9/h6-8H,3-5H2,1-2H3/t6-,7?,8-,9+/m1/s1. The van der Waals surface area contributed by atoms with Crippen LogP contribution in [0.25, 0.3) is 0 Å². The second kappa shape index (κ2) is 3.26. The average molecular weight is 182 g/mol. The molecule has 2 heterocycles. The van der Waals surface area contributed by atoms with E-state index in [2.05, 4.69) is 13.8 Å². The first-order valence-corrected chi connectivity index (χ1v) is 4.82. The van der Waals surface area contributed by atoms with E-state index < -0.39 is 0 Å². The maximum atomic E-state index is 5.84. The number of fused-ring (bicyclic) bond motifs is 2. The minimum absolute atomic E-state index is 0.0116. The third-order valence-electron chi connectivity index (χ3n) is 3.31. The van der Waals surface area contributed by atoms with Gasteiger partial charge in [0.2, 0.25) is 0 Å². The molecule has 0 aromatic heterocycles. The predicted octanol–water partition coefficient (Wildman–Crippen LogP) is 0.669. The van der Waals surface area contributed by atoms with Crippen LogP contribution in [0.15, 0.2) is 0 Å². The molecule has 2 fully saturated rings. The highest BCUT2D eigenvalue weighted by Gasteiger charge is 2.51. The summed E-state index contributed by atoms with van der Waals surface area (Å²) in [6.45, 7) is 5.15. The van der Waals surface area contributed by atoms with Gasteiger partial charge in [-0.05, 0) is 6.42 Å². The third-order valence-corrected chi connectivity index (χ3v) is 3.31. The molecule has 4 atom stereocenters. The molecule has 2 radical (unpaired) electrons. The van der Waals surface area contributed by atoms with Gasteiger partial charge in [-0.15, -0.1) is 0 Å². The van der Waals surface area contributed by atoms with Crippen molar-refractivity contribution >= 4 is 7.85 Å². The van der Waals surface area contributed by atoms with Crippen LogP contribution in [-0.2, 0) is 14.2 Å². The number of hydrogen-bond donors (Lipinski definition) is 0. The second-order valence-electron chi connectivity index (χ2n) is 3.89. The molecule has 2 aliphatic rings. The van der Waals surface area contributed by atoms with E-state index in [9.17, 15) is 0 Å². The van der Waals surface area contributed by atoms with Crippen molar-refractivity contribution in [3.8, 4) is 0 Å². The Balaban J connectivity index is 2.24. The first kappa shape index (κ1) is 9.50. The zero-order chi connectivity index (χ0) is 9.47. The summed E-state index contributed by atoms with van der Waals surface area (Å²) < 4.78 is 16.6. The first-order chi connectivity index (χ1) is 6.19.